The average molecular weight is 839 g/mol. The van der Waals surface area contributed by atoms with Gasteiger partial charge in [-0.25, -0.2) is 18.2 Å². The van der Waals surface area contributed by atoms with Gasteiger partial charge in [-0.2, -0.15) is 26.3 Å². The van der Waals surface area contributed by atoms with Crippen molar-refractivity contribution in [2.24, 2.45) is 22.2 Å². The number of unbranched alkanes of at least 4 members (excludes halogenated alkanes) is 2. The number of urea groups is 1. The second kappa shape index (κ2) is 19.4. The number of thioether (sulfide) groups is 1. The van der Waals surface area contributed by atoms with E-state index in [0.717, 1.165) is 17.8 Å². The Kier molecular flexibility index (Phi) is 16.3. The number of rotatable bonds is 14. The van der Waals surface area contributed by atoms with E-state index in [0.29, 0.717) is 63.0 Å². The van der Waals surface area contributed by atoms with Gasteiger partial charge in [-0.05, 0) is 67.5 Å². The first-order valence-corrected chi connectivity index (χ1v) is 19.1. The van der Waals surface area contributed by atoms with Gasteiger partial charge in [0.05, 0.1) is 30.3 Å². The molecule has 0 aliphatic heterocycles. The third-order valence-electron chi connectivity index (χ3n) is 7.03. The van der Waals surface area contributed by atoms with Crippen molar-refractivity contribution in [2.45, 2.75) is 59.0 Å². The quantitative estimate of drug-likeness (QED) is 0.0281. The van der Waals surface area contributed by atoms with E-state index in [-0.39, 0.29) is 27.5 Å². The number of halogens is 6. The van der Waals surface area contributed by atoms with E-state index in [1.165, 1.54) is 23.9 Å². The highest BCUT2D eigenvalue weighted by atomic mass is 32.2. The van der Waals surface area contributed by atoms with Gasteiger partial charge in [0.25, 0.3) is 0 Å². The number of Topliss-reactive ketones (excluding diaryl/α,β-unsaturated/α-hetero) is 2. The Morgan fingerprint density at radius 2 is 1.55 bits per heavy atom. The molecule has 3 rings (SSSR count). The van der Waals surface area contributed by atoms with Gasteiger partial charge in [0.15, 0.2) is 5.96 Å². The minimum absolute atomic E-state index is 0.0213. The topological polar surface area (TPSA) is 253 Å². The number of aryl methyl sites for hydroxylation is 1. The van der Waals surface area contributed by atoms with Crippen LogP contribution in [0.3, 0.4) is 0 Å². The minimum atomic E-state index is -5.77. The third kappa shape index (κ3) is 13.3. The largest absolute Gasteiger partial charge is 0.458 e. The molecule has 0 bridgehead atoms. The maximum absolute atomic E-state index is 13.7. The lowest BCUT2D eigenvalue weighted by Gasteiger charge is -2.17. The molecule has 55 heavy (non-hydrogen) atoms. The smallest absolute Gasteiger partial charge is 0.383 e. The molecule has 300 valence electrons. The molecule has 3 amide bonds. The number of amides is 3. The number of hydrogen-bond acceptors (Lipinski definition) is 10. The lowest BCUT2D eigenvalue weighted by molar-refractivity contribution is -0.193. The molecule has 0 saturated heterocycles. The highest BCUT2D eigenvalue weighted by molar-refractivity contribution is 8.01. The summed E-state index contributed by atoms with van der Waals surface area (Å²) < 4.78 is 95.0. The summed E-state index contributed by atoms with van der Waals surface area (Å²) in [5.41, 5.74) is 19.4. The van der Waals surface area contributed by atoms with Crippen molar-refractivity contribution in [1.82, 2.24) is 10.6 Å². The van der Waals surface area contributed by atoms with Gasteiger partial charge in [0, 0.05) is 25.6 Å². The number of aliphatic imine (C=N–C) groups is 1. The lowest BCUT2D eigenvalue weighted by Crippen LogP contribution is -2.39. The van der Waals surface area contributed by atoms with Crippen LogP contribution in [0.2, 0.25) is 0 Å². The predicted molar refractivity (Wildman–Crippen MR) is 196 cm³/mol. The number of thiophene rings is 1. The van der Waals surface area contributed by atoms with Crippen LogP contribution < -0.4 is 33.2 Å². The molecule has 0 aliphatic carbocycles. The molecule has 0 saturated carbocycles. The molecule has 0 atom stereocenters. The number of nitrogens with zero attached hydrogens (tertiary/aromatic N) is 1. The molecule has 23 heteroatoms. The van der Waals surface area contributed by atoms with Crippen LogP contribution in [0.15, 0.2) is 61.5 Å². The Morgan fingerprint density at radius 3 is 2.07 bits per heavy atom. The number of carbonyl (C=O) groups is 4. The second-order valence-corrected chi connectivity index (χ2v) is 15.2. The summed E-state index contributed by atoms with van der Waals surface area (Å²) in [7, 11) is -2.37. The molecular formula is C32H36F6N8O6S3. The molecule has 1 heterocycles. The zero-order chi connectivity index (χ0) is 41.9. The molecule has 10 N–H and O–H groups in total. The fraction of sp³-hybridized carbons (Fsp3) is 0.312. The van der Waals surface area contributed by atoms with Crippen LogP contribution in [0.4, 0.5) is 42.5 Å². The van der Waals surface area contributed by atoms with Gasteiger partial charge in [0.2, 0.25) is 15.7 Å². The molecule has 14 nitrogen and oxygen atoms in total. The van der Waals surface area contributed by atoms with Crippen LogP contribution in [-0.4, -0.2) is 75.9 Å². The summed E-state index contributed by atoms with van der Waals surface area (Å²) in [6, 6.07) is 10.7. The molecule has 3 aromatic rings. The number of hydrogen-bond donors (Lipinski definition) is 7. The summed E-state index contributed by atoms with van der Waals surface area (Å²) in [5, 5.41) is 16.0. The molecule has 2 aromatic carbocycles. The van der Waals surface area contributed by atoms with Gasteiger partial charge in [-0.1, -0.05) is 18.6 Å². The van der Waals surface area contributed by atoms with Gasteiger partial charge in [-0.15, -0.1) is 23.1 Å². The van der Waals surface area contributed by atoms with E-state index in [1.807, 2.05) is 6.92 Å². The second-order valence-electron chi connectivity index (χ2n) is 11.2. The summed E-state index contributed by atoms with van der Waals surface area (Å²) in [5.74, 6) is -7.19. The summed E-state index contributed by atoms with van der Waals surface area (Å²) in [4.78, 5) is 48.1. The number of alkyl halides is 6. The van der Waals surface area contributed by atoms with E-state index in [1.54, 1.807) is 43.6 Å². The first-order valence-electron chi connectivity index (χ1n) is 15.5. The van der Waals surface area contributed by atoms with Crippen molar-refractivity contribution >= 4 is 79.6 Å². The van der Waals surface area contributed by atoms with Crippen molar-refractivity contribution in [1.29, 1.82) is 5.41 Å². The number of carbonyl (C=O) groups excluding carboxylic acids is 4. The molecule has 0 radical (unpaired) electrons. The minimum Gasteiger partial charge on any atom is -0.383 e. The maximum Gasteiger partial charge on any atom is 0.458 e. The van der Waals surface area contributed by atoms with Gasteiger partial charge < -0.3 is 33.2 Å². The number of anilines is 1. The zero-order valence-electron chi connectivity index (χ0n) is 29.2. The number of nitrogen functional groups attached to an aromatic ring is 1. The Hall–Kier alpha value is -5.16. The molecular weight excluding hydrogens is 803 g/mol. The SMILES string of the molecule is CNC(=O)CCCCCNC(=O)Nc1cc(N=C(N)N)cc(C)c1-c1cccc(S(=O)(=O)c2cc(C(=N)N)sc2SC)c1.O=C(C(=O)C(F)(F)F)C(F)(F)F. The number of ketones is 2. The number of sulfone groups is 1. The van der Waals surface area contributed by atoms with E-state index < -0.39 is 39.8 Å². The Labute approximate surface area is 319 Å². The van der Waals surface area contributed by atoms with Crippen LogP contribution in [0.5, 0.6) is 0 Å². The van der Waals surface area contributed by atoms with Crippen LogP contribution >= 0.6 is 23.1 Å². The van der Waals surface area contributed by atoms with Crippen LogP contribution in [0.1, 0.15) is 36.1 Å². The Bertz CT molecular complexity index is 2040. The number of amidine groups is 1. The fourth-order valence-electron chi connectivity index (χ4n) is 4.57. The molecule has 0 aliphatic rings. The van der Waals surface area contributed by atoms with Crippen molar-refractivity contribution in [2.75, 3.05) is 25.2 Å². The van der Waals surface area contributed by atoms with Gasteiger partial charge >= 0.3 is 30.0 Å². The van der Waals surface area contributed by atoms with Crippen LogP contribution in [-0.2, 0) is 24.2 Å². The summed E-state index contributed by atoms with van der Waals surface area (Å²) in [6.07, 6.45) is -7.17. The third-order valence-corrected chi connectivity index (χ3v) is 11.4. The molecule has 0 fully saturated rings. The highest BCUT2D eigenvalue weighted by Gasteiger charge is 2.54. The number of nitrogens with two attached hydrogens (primary N) is 3. The van der Waals surface area contributed by atoms with Crippen molar-refractivity contribution in [3.63, 3.8) is 0 Å². The predicted octanol–water partition coefficient (Wildman–Crippen LogP) is 5.14. The van der Waals surface area contributed by atoms with E-state index in [9.17, 15) is 53.9 Å². The van der Waals surface area contributed by atoms with E-state index >= 15 is 0 Å². The number of benzene rings is 2. The van der Waals surface area contributed by atoms with Crippen LogP contribution in [0, 0.1) is 12.3 Å². The molecule has 1 aromatic heterocycles. The fourth-order valence-corrected chi connectivity index (χ4v) is 8.47. The summed E-state index contributed by atoms with van der Waals surface area (Å²) >= 11 is 2.42. The Balaban J connectivity index is 0.000000748. The Morgan fingerprint density at radius 1 is 0.927 bits per heavy atom. The first kappa shape index (κ1) is 46.0. The number of nitrogens with one attached hydrogen (secondary N) is 4. The van der Waals surface area contributed by atoms with Gasteiger partial charge in [-0.3, -0.25) is 19.8 Å². The van der Waals surface area contributed by atoms with Crippen molar-refractivity contribution in [3.8, 4) is 11.1 Å². The standard InChI is InChI=1S/C28H36N8O4S3.C4F6O2/c1-16-12-18(35-27(31)32)14-20(36-28(38)34-11-6-4-5-10-23(37)33-2)24(16)17-8-7-9-19(13-17)43(39,40)22-15-21(25(29)30)42-26(22)41-3;5-3(6,7)1(11)2(12)4(8,9)10/h7-9,12-15H,4-6,10-11H2,1-3H3,(H3,29,30)(H,33,37)(H4,31,32,35)(H2,34,36,38);. The lowest BCUT2D eigenvalue weighted by atomic mass is 9.97. The molecule has 0 spiro atoms. The van der Waals surface area contributed by atoms with Gasteiger partial charge in [0.1, 0.15) is 5.84 Å². The van der Waals surface area contributed by atoms with E-state index in [4.69, 9.17) is 22.6 Å². The average Bonchev–Trinajstić information content (AvgIpc) is 3.54. The van der Waals surface area contributed by atoms with Crippen molar-refractivity contribution < 1.29 is 53.9 Å². The normalized spacial score (nSPS) is 11.4. The van der Waals surface area contributed by atoms with Crippen LogP contribution in [0.25, 0.3) is 11.1 Å². The zero-order valence-corrected chi connectivity index (χ0v) is 31.6. The molecule has 0 unspecified atom stereocenters. The van der Waals surface area contributed by atoms with E-state index in [2.05, 4.69) is 20.9 Å². The van der Waals surface area contributed by atoms with Crippen molar-refractivity contribution in [3.05, 3.63) is 52.9 Å². The number of guanidine groups is 1. The monoisotopic (exact) mass is 838 g/mol. The first-order chi connectivity index (χ1) is 25.4. The highest BCUT2D eigenvalue weighted by Crippen LogP contribution is 2.40. The summed E-state index contributed by atoms with van der Waals surface area (Å²) in [6.45, 7) is 2.21. The maximum atomic E-state index is 13.7.